The quantitative estimate of drug-likeness (QED) is 0.0235. The van der Waals surface area contributed by atoms with Crippen molar-refractivity contribution in [1.82, 2.24) is 19.9 Å². The average Bonchev–Trinajstić information content (AvgIpc) is 3.81. The van der Waals surface area contributed by atoms with Gasteiger partial charge in [0.15, 0.2) is 0 Å². The van der Waals surface area contributed by atoms with Gasteiger partial charge in [0.25, 0.3) is 11.8 Å². The molecule has 0 atom stereocenters. The molecule has 0 unspecified atom stereocenters. The Hall–Kier alpha value is -6.13. The fraction of sp³-hybridized carbons (Fsp3) is 0.358. The number of hydrogen-bond donors (Lipinski definition) is 1. The molecule has 2 aliphatic rings. The summed E-state index contributed by atoms with van der Waals surface area (Å²) < 4.78 is 78.4. The molecule has 9 rings (SSSR count). The van der Waals surface area contributed by atoms with E-state index in [2.05, 4.69) is 99.4 Å². The van der Waals surface area contributed by atoms with Gasteiger partial charge >= 0.3 is 33.0 Å². The van der Waals surface area contributed by atoms with Crippen LogP contribution in [-0.4, -0.2) is 77.8 Å². The van der Waals surface area contributed by atoms with Crippen LogP contribution in [0.2, 0.25) is 0 Å². The molecule has 18 heteroatoms. The van der Waals surface area contributed by atoms with E-state index in [9.17, 15) is 34.8 Å². The molecule has 0 spiro atoms. The van der Waals surface area contributed by atoms with Crippen LogP contribution in [0, 0.1) is 0 Å². The van der Waals surface area contributed by atoms with Crippen LogP contribution in [0.25, 0.3) is 32.3 Å². The summed E-state index contributed by atoms with van der Waals surface area (Å²) >= 11 is 0. The molecule has 11 nitrogen and oxygen atoms in total. The van der Waals surface area contributed by atoms with Crippen molar-refractivity contribution >= 4 is 57.6 Å². The Balaban J connectivity index is 0.000000900. The number of amides is 2. The van der Waals surface area contributed by atoms with Crippen LogP contribution in [0.3, 0.4) is 0 Å². The van der Waals surface area contributed by atoms with Gasteiger partial charge in [-0.2, -0.15) is 0 Å². The Morgan fingerprint density at radius 3 is 1.89 bits per heavy atom. The standard InChI is InChI=1S/C53H58N6O5.F6P/c60-52-47-19-13-18-46-50(57-28-32-62-33-29-57)25-24-48(51(46)47)53(61)59(52)27-26-58-37-42(55-56-58)38-63-30-11-5-3-1-2-4-6-12-31-64-43-22-20-39(21-23-43)35-54-36-49-44-16-9-7-14-40(44)34-41-15-8-10-17-45(41)49;1-7(2,3,4,5)6/h7-10,13-25,34,37,54H,1-6,11-12,26-33,35-36,38H2;/q;-1/p+1. The number of aromatic nitrogens is 3. The van der Waals surface area contributed by atoms with Crippen molar-refractivity contribution in [2.75, 3.05) is 51.0 Å². The number of nitrogens with two attached hydrogens (primary N) is 1. The number of imide groups is 1. The smallest absolute Gasteiger partial charge is 0.261 e. The number of nitrogens with zero attached hydrogens (tertiary/aromatic N) is 5. The monoisotopic (exact) mass is 1000 g/mol. The second-order valence-electron chi connectivity index (χ2n) is 18.0. The SMILES string of the molecule is F[P-](F)(F)(F)(F)F.O=C1c2cccc3c(N4CCOCC4)ccc(c23)C(=O)N1CCn1cc(COCCCCCCCCCCOc2ccc(C[NH2+]Cc3c4ccccc4cc4ccccc34)cc2)nn1. The fourth-order valence-electron chi connectivity index (χ4n) is 9.30. The van der Waals surface area contributed by atoms with E-state index >= 15 is 0 Å². The summed E-state index contributed by atoms with van der Waals surface area (Å²) in [7, 11) is -10.7. The van der Waals surface area contributed by atoms with Crippen LogP contribution >= 0.6 is 7.81 Å². The number of fused-ring (bicyclic) bond motifs is 2. The number of benzene rings is 6. The number of quaternary nitrogens is 1. The van der Waals surface area contributed by atoms with E-state index in [0.29, 0.717) is 44.1 Å². The van der Waals surface area contributed by atoms with Crippen molar-refractivity contribution in [3.63, 3.8) is 0 Å². The number of rotatable bonds is 22. The minimum Gasteiger partial charge on any atom is -0.494 e. The van der Waals surface area contributed by atoms with Crippen molar-refractivity contribution in [3.8, 4) is 5.75 Å². The molecule has 2 N–H and O–H groups in total. The number of carbonyl (C=O) groups is 2. The summed E-state index contributed by atoms with van der Waals surface area (Å²) in [5.74, 6) is 0.394. The van der Waals surface area contributed by atoms with E-state index in [1.54, 1.807) is 4.68 Å². The molecule has 0 aliphatic carbocycles. The summed E-state index contributed by atoms with van der Waals surface area (Å²) in [6, 6.07) is 37.9. The summed E-state index contributed by atoms with van der Waals surface area (Å²) in [5, 5.41) is 17.8. The van der Waals surface area contributed by atoms with Gasteiger partial charge in [-0.1, -0.05) is 104 Å². The first-order chi connectivity index (χ1) is 34.1. The number of unbranched alkanes of at least 4 members (excludes halogenated alkanes) is 7. The van der Waals surface area contributed by atoms with Crippen LogP contribution in [0.1, 0.15) is 88.9 Å². The summed E-state index contributed by atoms with van der Waals surface area (Å²) in [5.41, 5.74) is 5.59. The van der Waals surface area contributed by atoms with Gasteiger partial charge in [0.1, 0.15) is 24.5 Å². The average molecular weight is 1010 g/mol. The van der Waals surface area contributed by atoms with Crippen molar-refractivity contribution in [3.05, 3.63) is 143 Å². The van der Waals surface area contributed by atoms with Gasteiger partial charge in [0.2, 0.25) is 0 Å². The van der Waals surface area contributed by atoms with E-state index in [4.69, 9.17) is 14.2 Å². The predicted octanol–water partition coefficient (Wildman–Crippen LogP) is 12.2. The summed E-state index contributed by atoms with van der Waals surface area (Å²) in [4.78, 5) is 30.8. The zero-order valence-corrected chi connectivity index (χ0v) is 40.4. The number of anilines is 1. The Morgan fingerprint density at radius 2 is 1.23 bits per heavy atom. The summed E-state index contributed by atoms with van der Waals surface area (Å²) in [6.07, 6.45) is 11.2. The zero-order valence-electron chi connectivity index (χ0n) is 39.5. The maximum absolute atomic E-state index is 13.6. The Bertz CT molecular complexity index is 2860. The number of morpholine rings is 1. The second kappa shape index (κ2) is 22.1. The Labute approximate surface area is 408 Å². The molecule has 6 aromatic carbocycles. The second-order valence-corrected chi connectivity index (χ2v) is 19.9. The van der Waals surface area contributed by atoms with E-state index < -0.39 is 7.81 Å². The maximum atomic E-state index is 13.6. The van der Waals surface area contributed by atoms with Crippen molar-refractivity contribution in [1.29, 1.82) is 0 Å². The molecule has 3 heterocycles. The molecule has 71 heavy (non-hydrogen) atoms. The van der Waals surface area contributed by atoms with Gasteiger partial charge in [-0.25, -0.2) is 0 Å². The third kappa shape index (κ3) is 14.7. The maximum Gasteiger partial charge on any atom is 0.261 e. The number of ether oxygens (including phenoxy) is 3. The molecule has 2 aliphatic heterocycles. The van der Waals surface area contributed by atoms with Gasteiger partial charge in [0.05, 0.1) is 39.2 Å². The van der Waals surface area contributed by atoms with Gasteiger partial charge in [0, 0.05) is 65.0 Å². The van der Waals surface area contributed by atoms with Crippen LogP contribution in [-0.2, 0) is 35.7 Å². The van der Waals surface area contributed by atoms with E-state index in [0.717, 1.165) is 80.0 Å². The van der Waals surface area contributed by atoms with Gasteiger partial charge in [-0.3, -0.25) is 19.2 Å². The molecular weight excluding hydrogens is 946 g/mol. The Morgan fingerprint density at radius 1 is 0.634 bits per heavy atom. The predicted molar refractivity (Wildman–Crippen MR) is 265 cm³/mol. The van der Waals surface area contributed by atoms with E-state index in [1.165, 1.54) is 69.7 Å². The zero-order chi connectivity index (χ0) is 49.9. The Kier molecular flexibility index (Phi) is 15.9. The number of halogens is 6. The molecule has 7 aromatic rings. The van der Waals surface area contributed by atoms with Crippen LogP contribution in [0.5, 0.6) is 5.75 Å². The third-order valence-electron chi connectivity index (χ3n) is 12.7. The molecule has 1 saturated heterocycles. The van der Waals surface area contributed by atoms with Crippen molar-refractivity contribution in [2.45, 2.75) is 77.6 Å². The van der Waals surface area contributed by atoms with E-state index in [-0.39, 0.29) is 18.4 Å². The molecule has 0 bridgehead atoms. The first-order valence-corrected chi connectivity index (χ1v) is 26.3. The third-order valence-corrected chi connectivity index (χ3v) is 12.7. The minimum absolute atomic E-state index is 0.205. The number of carbonyl (C=O) groups excluding carboxylic acids is 2. The molecular formula is C53H59F6N6O5P. The molecule has 1 aromatic heterocycles. The van der Waals surface area contributed by atoms with Gasteiger partial charge < -0.3 is 24.4 Å². The molecule has 0 radical (unpaired) electrons. The molecule has 378 valence electrons. The largest absolute Gasteiger partial charge is 0.494 e. The minimum atomic E-state index is -10.7. The summed E-state index contributed by atoms with van der Waals surface area (Å²) in [6.45, 7) is 7.13. The molecule has 0 saturated carbocycles. The molecule has 2 amide bonds. The van der Waals surface area contributed by atoms with Crippen LogP contribution < -0.4 is 15.0 Å². The van der Waals surface area contributed by atoms with Gasteiger partial charge in [-0.15, -0.1) is 5.10 Å². The van der Waals surface area contributed by atoms with Crippen LogP contribution in [0.15, 0.2) is 115 Å². The van der Waals surface area contributed by atoms with Gasteiger partial charge in [-0.05, 0) is 82.9 Å². The molecule has 1 fully saturated rings. The first-order valence-electron chi connectivity index (χ1n) is 24.3. The van der Waals surface area contributed by atoms with E-state index in [1.807, 2.05) is 36.5 Å². The number of hydrogen-bond acceptors (Lipinski definition) is 8. The fourth-order valence-corrected chi connectivity index (χ4v) is 9.30. The topological polar surface area (TPSA) is 116 Å². The van der Waals surface area contributed by atoms with Crippen LogP contribution in [0.4, 0.5) is 30.9 Å². The first kappa shape index (κ1) is 51.2. The van der Waals surface area contributed by atoms with Crippen molar-refractivity contribution in [2.24, 2.45) is 0 Å². The van der Waals surface area contributed by atoms with Crippen molar-refractivity contribution < 1.29 is 54.3 Å². The normalized spacial score (nSPS) is 15.0.